The van der Waals surface area contributed by atoms with Gasteiger partial charge in [-0.1, -0.05) is 17.7 Å². The van der Waals surface area contributed by atoms with Gasteiger partial charge in [0.15, 0.2) is 15.7 Å². The number of rotatable bonds is 7. The van der Waals surface area contributed by atoms with Crippen LogP contribution in [0.5, 0.6) is 0 Å². The van der Waals surface area contributed by atoms with E-state index in [1.54, 1.807) is 24.3 Å². The molecule has 0 radical (unpaired) electrons. The summed E-state index contributed by atoms with van der Waals surface area (Å²) >= 11 is 0. The first-order valence-corrected chi connectivity index (χ1v) is 14.4. The van der Waals surface area contributed by atoms with Crippen LogP contribution in [-0.4, -0.2) is 56.8 Å². The zero-order valence-corrected chi connectivity index (χ0v) is 22.7. The van der Waals surface area contributed by atoms with Gasteiger partial charge in [0.25, 0.3) is 0 Å². The highest BCUT2D eigenvalue weighted by Gasteiger charge is 2.58. The summed E-state index contributed by atoms with van der Waals surface area (Å²) in [6.07, 6.45) is 1.01. The third-order valence-electron chi connectivity index (χ3n) is 7.13. The number of hydrogen-bond acceptors (Lipinski definition) is 7. The molecule has 0 spiro atoms. The number of amides is 2. The van der Waals surface area contributed by atoms with Gasteiger partial charge in [0.05, 0.1) is 29.8 Å². The Hall–Kier alpha value is -3.50. The molecule has 3 aromatic rings. The second-order valence-corrected chi connectivity index (χ2v) is 12.2. The van der Waals surface area contributed by atoms with Gasteiger partial charge >= 0.3 is 6.03 Å². The second-order valence-electron chi connectivity index (χ2n) is 9.92. The van der Waals surface area contributed by atoms with E-state index in [9.17, 15) is 13.2 Å². The lowest BCUT2D eigenvalue weighted by Gasteiger charge is -2.34. The van der Waals surface area contributed by atoms with Crippen molar-refractivity contribution in [2.24, 2.45) is 0 Å². The van der Waals surface area contributed by atoms with Crippen LogP contribution in [-0.2, 0) is 19.3 Å². The minimum Gasteiger partial charge on any atom is -0.377 e. The van der Waals surface area contributed by atoms with Gasteiger partial charge in [0.1, 0.15) is 10.6 Å². The van der Waals surface area contributed by atoms with Crippen LogP contribution in [0.25, 0.3) is 11.4 Å². The number of sulfone groups is 1. The number of benzene rings is 2. The van der Waals surface area contributed by atoms with Gasteiger partial charge in [0, 0.05) is 30.4 Å². The van der Waals surface area contributed by atoms with Crippen LogP contribution in [0.15, 0.2) is 59.5 Å². The molecule has 0 unspecified atom stereocenters. The quantitative estimate of drug-likeness (QED) is 0.464. The second kappa shape index (κ2) is 10.3. The number of morpholine rings is 1. The van der Waals surface area contributed by atoms with Gasteiger partial charge in [-0.05, 0) is 70.0 Å². The van der Waals surface area contributed by atoms with Gasteiger partial charge in [-0.2, -0.15) is 0 Å². The largest absolute Gasteiger partial charge is 0.377 e. The van der Waals surface area contributed by atoms with E-state index in [1.807, 2.05) is 44.2 Å². The Bertz CT molecular complexity index is 1420. The normalized spacial score (nSPS) is 18.6. The Morgan fingerprint density at radius 2 is 1.82 bits per heavy atom. The topological polar surface area (TPSA) is 114 Å². The lowest BCUT2D eigenvalue weighted by Crippen LogP contribution is -2.44. The van der Waals surface area contributed by atoms with Crippen LogP contribution in [0.4, 0.5) is 16.3 Å². The van der Waals surface area contributed by atoms with Crippen molar-refractivity contribution in [3.05, 3.63) is 65.9 Å². The van der Waals surface area contributed by atoms with E-state index in [1.165, 1.54) is 0 Å². The van der Waals surface area contributed by atoms with E-state index in [0.29, 0.717) is 67.1 Å². The van der Waals surface area contributed by atoms with Crippen molar-refractivity contribution in [2.75, 3.05) is 36.5 Å². The number of ether oxygens (including phenoxy) is 1. The van der Waals surface area contributed by atoms with E-state index in [4.69, 9.17) is 14.7 Å². The van der Waals surface area contributed by atoms with Crippen LogP contribution >= 0.6 is 0 Å². The minimum absolute atomic E-state index is 0.0897. The van der Waals surface area contributed by atoms with Crippen molar-refractivity contribution in [1.82, 2.24) is 15.3 Å². The summed E-state index contributed by atoms with van der Waals surface area (Å²) in [5.41, 5.74) is 2.89. The molecule has 0 bridgehead atoms. The molecule has 2 heterocycles. The lowest BCUT2D eigenvalue weighted by atomic mass is 10.1. The first-order chi connectivity index (χ1) is 18.2. The van der Waals surface area contributed by atoms with Crippen LogP contribution in [0.2, 0.25) is 0 Å². The number of nitrogens with one attached hydrogen (secondary N) is 2. The molecule has 10 heteroatoms. The van der Waals surface area contributed by atoms with Crippen LogP contribution < -0.4 is 15.5 Å². The third kappa shape index (κ3) is 4.98. The summed E-state index contributed by atoms with van der Waals surface area (Å²) in [6, 6.07) is 15.9. The van der Waals surface area contributed by atoms with Crippen molar-refractivity contribution >= 4 is 27.4 Å². The molecule has 200 valence electrons. The first kappa shape index (κ1) is 26.1. The fraction of sp³-hybridized carbons (Fsp3) is 0.393. The number of aryl methyl sites for hydroxylation is 1. The maximum absolute atomic E-state index is 13.9. The fourth-order valence-electron chi connectivity index (χ4n) is 4.77. The summed E-state index contributed by atoms with van der Waals surface area (Å²) in [6.45, 7) is 8.19. The first-order valence-electron chi connectivity index (χ1n) is 12.9. The van der Waals surface area contributed by atoms with Crippen molar-refractivity contribution in [2.45, 2.75) is 49.3 Å². The van der Waals surface area contributed by atoms with Crippen molar-refractivity contribution in [3.63, 3.8) is 0 Å². The molecule has 1 saturated heterocycles. The molecule has 38 heavy (non-hydrogen) atoms. The van der Waals surface area contributed by atoms with Crippen LogP contribution in [0, 0.1) is 6.92 Å². The number of carbonyl (C=O) groups excluding carboxylic acids is 1. The van der Waals surface area contributed by atoms with Gasteiger partial charge in [-0.25, -0.2) is 23.2 Å². The number of anilines is 2. The van der Waals surface area contributed by atoms with Crippen molar-refractivity contribution in [3.8, 4) is 11.4 Å². The summed E-state index contributed by atoms with van der Waals surface area (Å²) < 4.78 is 32.3. The fourth-order valence-corrected chi connectivity index (χ4v) is 6.73. The number of urea groups is 1. The van der Waals surface area contributed by atoms with E-state index in [0.717, 1.165) is 11.1 Å². The van der Waals surface area contributed by atoms with E-state index in [-0.39, 0.29) is 12.1 Å². The Balaban J connectivity index is 1.56. The predicted octanol–water partition coefficient (Wildman–Crippen LogP) is 4.28. The molecule has 1 saturated carbocycles. The molecule has 1 aliphatic heterocycles. The molecule has 2 aromatic carbocycles. The van der Waals surface area contributed by atoms with Gasteiger partial charge in [-0.15, -0.1) is 0 Å². The zero-order valence-electron chi connectivity index (χ0n) is 21.9. The Morgan fingerprint density at radius 3 is 2.45 bits per heavy atom. The highest BCUT2D eigenvalue weighted by Crippen LogP contribution is 2.55. The molecule has 2 aliphatic rings. The molecule has 9 nitrogen and oxygen atoms in total. The van der Waals surface area contributed by atoms with E-state index >= 15 is 0 Å². The average molecular weight is 536 g/mol. The molecule has 1 atom stereocenters. The Kier molecular flexibility index (Phi) is 7.11. The molecule has 5 rings (SSSR count). The molecule has 2 amide bonds. The molecule has 2 fully saturated rings. The monoisotopic (exact) mass is 535 g/mol. The summed E-state index contributed by atoms with van der Waals surface area (Å²) in [5.74, 6) is 1.14. The highest BCUT2D eigenvalue weighted by molar-refractivity contribution is 7.92. The highest BCUT2D eigenvalue weighted by atomic mass is 32.2. The maximum Gasteiger partial charge on any atom is 0.319 e. The van der Waals surface area contributed by atoms with Gasteiger partial charge in [0.2, 0.25) is 0 Å². The lowest BCUT2D eigenvalue weighted by molar-refractivity contribution is 0.0985. The van der Waals surface area contributed by atoms with Gasteiger partial charge < -0.3 is 20.3 Å². The summed E-state index contributed by atoms with van der Waals surface area (Å²) in [7, 11) is -3.67. The molecule has 2 N–H and O–H groups in total. The predicted molar refractivity (Wildman–Crippen MR) is 147 cm³/mol. The third-order valence-corrected chi connectivity index (χ3v) is 9.67. The summed E-state index contributed by atoms with van der Waals surface area (Å²) in [5, 5.41) is 5.49. The molecular weight excluding hydrogens is 502 g/mol. The van der Waals surface area contributed by atoms with Crippen LogP contribution in [0.3, 0.4) is 0 Å². The van der Waals surface area contributed by atoms with Crippen molar-refractivity contribution in [1.29, 1.82) is 0 Å². The summed E-state index contributed by atoms with van der Waals surface area (Å²) in [4.78, 5) is 24.1. The Morgan fingerprint density at radius 1 is 1.11 bits per heavy atom. The number of carbonyl (C=O) groups is 1. The number of nitrogens with zero attached hydrogens (tertiary/aromatic N) is 3. The van der Waals surface area contributed by atoms with E-state index < -0.39 is 14.6 Å². The SMILES string of the molecule is CCNC(=O)Nc1ccc(-c2nc(N3CCOC[C@@H]3C)cc(C3(S(=O)(=O)c4ccc(C)cc4)CC3)n2)cc1. The minimum atomic E-state index is -3.67. The van der Waals surface area contributed by atoms with Crippen molar-refractivity contribution < 1.29 is 17.9 Å². The van der Waals surface area contributed by atoms with E-state index in [2.05, 4.69) is 22.5 Å². The number of hydrogen-bond donors (Lipinski definition) is 2. The Labute approximate surface area is 223 Å². The zero-order chi connectivity index (χ0) is 26.9. The standard InChI is InChI=1S/C28H33N5O4S/c1-4-29-27(34)30-22-9-7-21(8-10-22)26-31-24(17-25(32-26)33-15-16-37-18-20(33)3)28(13-14-28)38(35,36)23-11-5-19(2)6-12-23/h5-12,17,20H,4,13-16,18H2,1-3H3,(H2,29,30,34)/t20-/m0/s1. The molecular formula is C28H33N5O4S. The van der Waals surface area contributed by atoms with Gasteiger partial charge in [-0.3, -0.25) is 0 Å². The smallest absolute Gasteiger partial charge is 0.319 e. The number of aromatic nitrogens is 2. The maximum atomic E-state index is 13.9. The average Bonchev–Trinajstić information content (AvgIpc) is 3.73. The molecule has 1 aliphatic carbocycles. The van der Waals surface area contributed by atoms with Crippen LogP contribution in [0.1, 0.15) is 37.9 Å². The molecule has 1 aromatic heterocycles.